The van der Waals surface area contributed by atoms with Gasteiger partial charge in [-0.1, -0.05) is 12.1 Å². The van der Waals surface area contributed by atoms with E-state index < -0.39 is 0 Å². The monoisotopic (exact) mass is 344 g/mol. The lowest BCUT2D eigenvalue weighted by Crippen LogP contribution is -1.92. The smallest absolute Gasteiger partial charge is 0.151 e. The second-order valence-corrected chi connectivity index (χ2v) is 6.20. The summed E-state index contributed by atoms with van der Waals surface area (Å²) >= 11 is 0. The molecule has 2 heterocycles. The minimum atomic E-state index is 0.127. The summed E-state index contributed by atoms with van der Waals surface area (Å²) in [6.07, 6.45) is 6.74. The summed E-state index contributed by atoms with van der Waals surface area (Å²) in [5.74, 6) is 1.31. The molecule has 0 bridgehead atoms. The molecule has 2 aromatic heterocycles. The normalized spacial score (nSPS) is 11.5. The van der Waals surface area contributed by atoms with E-state index in [2.05, 4.69) is 20.0 Å². The van der Waals surface area contributed by atoms with Gasteiger partial charge in [0, 0.05) is 35.9 Å². The molecule has 0 amide bonds. The van der Waals surface area contributed by atoms with Gasteiger partial charge < -0.3 is 5.11 Å². The summed E-state index contributed by atoms with van der Waals surface area (Å²) < 4.78 is 0. The number of phenols is 1. The highest BCUT2D eigenvalue weighted by atomic mass is 16.3. The zero-order valence-corrected chi connectivity index (χ0v) is 15.0. The molecule has 0 aliphatic heterocycles. The number of hydrogen-bond acceptors (Lipinski definition) is 5. The molecule has 26 heavy (non-hydrogen) atoms. The molecule has 0 aliphatic rings. The Morgan fingerprint density at radius 3 is 1.58 bits per heavy atom. The van der Waals surface area contributed by atoms with Crippen LogP contribution in [0.2, 0.25) is 0 Å². The molecule has 0 saturated heterocycles. The van der Waals surface area contributed by atoms with Gasteiger partial charge in [-0.3, -0.25) is 0 Å². The number of aromatic hydroxyl groups is 1. The quantitative estimate of drug-likeness (QED) is 0.703. The van der Waals surface area contributed by atoms with Crippen LogP contribution in [0.15, 0.2) is 58.8 Å². The fourth-order valence-electron chi connectivity index (χ4n) is 2.38. The second kappa shape index (κ2) is 7.70. The maximum absolute atomic E-state index is 10.5. The van der Waals surface area contributed by atoms with Gasteiger partial charge in [-0.05, 0) is 61.7 Å². The Morgan fingerprint density at radius 1 is 0.731 bits per heavy atom. The maximum atomic E-state index is 10.5. The van der Waals surface area contributed by atoms with Gasteiger partial charge >= 0.3 is 0 Å². The van der Waals surface area contributed by atoms with Crippen molar-refractivity contribution in [2.45, 2.75) is 20.8 Å². The number of aliphatic imine (C=N–C) groups is 2. The van der Waals surface area contributed by atoms with E-state index in [0.29, 0.717) is 22.8 Å². The Hall–Kier alpha value is -3.34. The Labute approximate surface area is 152 Å². The van der Waals surface area contributed by atoms with Crippen LogP contribution in [0.3, 0.4) is 0 Å². The number of rotatable bonds is 4. The number of pyridine rings is 2. The third-order valence-electron chi connectivity index (χ3n) is 3.78. The molecule has 1 N–H and O–H groups in total. The Morgan fingerprint density at radius 2 is 1.19 bits per heavy atom. The van der Waals surface area contributed by atoms with Crippen LogP contribution in [0, 0.1) is 20.8 Å². The van der Waals surface area contributed by atoms with Crippen molar-refractivity contribution < 1.29 is 5.11 Å². The number of benzene rings is 1. The highest BCUT2D eigenvalue weighted by Crippen LogP contribution is 2.23. The SMILES string of the molecule is Cc1ccc(N=Cc2cc(C)cc(C=Nc3ccc(C)cn3)c2O)nc1. The van der Waals surface area contributed by atoms with Crippen LogP contribution >= 0.6 is 0 Å². The van der Waals surface area contributed by atoms with Crippen molar-refractivity contribution >= 4 is 24.1 Å². The van der Waals surface area contributed by atoms with Crippen molar-refractivity contribution in [2.24, 2.45) is 9.98 Å². The lowest BCUT2D eigenvalue weighted by atomic mass is 10.1. The average Bonchev–Trinajstić information content (AvgIpc) is 2.63. The summed E-state index contributed by atoms with van der Waals surface area (Å²) in [4.78, 5) is 17.1. The van der Waals surface area contributed by atoms with Gasteiger partial charge in [0.15, 0.2) is 11.6 Å². The average molecular weight is 344 g/mol. The molecule has 0 radical (unpaired) electrons. The Bertz CT molecular complexity index is 882. The van der Waals surface area contributed by atoms with Gasteiger partial charge in [0.05, 0.1) is 0 Å². The molecule has 130 valence electrons. The molecular formula is C21H20N4O. The van der Waals surface area contributed by atoms with Gasteiger partial charge in [-0.2, -0.15) is 0 Å². The van der Waals surface area contributed by atoms with Crippen molar-refractivity contribution in [3.05, 3.63) is 76.6 Å². The van der Waals surface area contributed by atoms with Crippen LogP contribution in [0.4, 0.5) is 11.6 Å². The van der Waals surface area contributed by atoms with Gasteiger partial charge in [0.1, 0.15) is 5.75 Å². The molecular weight excluding hydrogens is 324 g/mol. The van der Waals surface area contributed by atoms with Crippen LogP contribution in [-0.2, 0) is 0 Å². The molecule has 1 aromatic carbocycles. The first-order chi connectivity index (χ1) is 12.5. The summed E-state index contributed by atoms with van der Waals surface area (Å²) in [5, 5.41) is 10.5. The van der Waals surface area contributed by atoms with Crippen molar-refractivity contribution in [1.82, 2.24) is 9.97 Å². The van der Waals surface area contributed by atoms with E-state index in [-0.39, 0.29) is 5.75 Å². The Kier molecular flexibility index (Phi) is 5.17. The number of aryl methyl sites for hydroxylation is 3. The third-order valence-corrected chi connectivity index (χ3v) is 3.78. The summed E-state index contributed by atoms with van der Waals surface area (Å²) in [6, 6.07) is 11.3. The zero-order chi connectivity index (χ0) is 18.5. The van der Waals surface area contributed by atoms with Crippen molar-refractivity contribution in [2.75, 3.05) is 0 Å². The Balaban J connectivity index is 1.88. The van der Waals surface area contributed by atoms with Gasteiger partial charge in [-0.15, -0.1) is 0 Å². The van der Waals surface area contributed by atoms with Crippen molar-refractivity contribution in [3.8, 4) is 5.75 Å². The molecule has 0 aliphatic carbocycles. The molecule has 3 rings (SSSR count). The van der Waals surface area contributed by atoms with Crippen LogP contribution in [0.25, 0.3) is 0 Å². The first-order valence-electron chi connectivity index (χ1n) is 8.28. The molecule has 0 unspecified atom stereocenters. The van der Waals surface area contributed by atoms with Gasteiger partial charge in [0.25, 0.3) is 0 Å². The number of aromatic nitrogens is 2. The molecule has 0 fully saturated rings. The highest BCUT2D eigenvalue weighted by molar-refractivity contribution is 5.93. The fourth-order valence-corrected chi connectivity index (χ4v) is 2.38. The predicted octanol–water partition coefficient (Wildman–Crippen LogP) is 4.61. The van der Waals surface area contributed by atoms with E-state index in [1.165, 1.54) is 0 Å². The second-order valence-electron chi connectivity index (χ2n) is 6.20. The lowest BCUT2D eigenvalue weighted by molar-refractivity contribution is 0.473. The summed E-state index contributed by atoms with van der Waals surface area (Å²) in [7, 11) is 0. The van der Waals surface area contributed by atoms with E-state index in [1.54, 1.807) is 24.8 Å². The first-order valence-corrected chi connectivity index (χ1v) is 8.28. The summed E-state index contributed by atoms with van der Waals surface area (Å²) in [5.41, 5.74) is 4.38. The van der Waals surface area contributed by atoms with Crippen molar-refractivity contribution in [1.29, 1.82) is 0 Å². The van der Waals surface area contributed by atoms with E-state index in [4.69, 9.17) is 0 Å². The van der Waals surface area contributed by atoms with E-state index in [1.807, 2.05) is 57.2 Å². The molecule has 0 spiro atoms. The lowest BCUT2D eigenvalue weighted by Gasteiger charge is -2.05. The predicted molar refractivity (Wildman–Crippen MR) is 105 cm³/mol. The molecule has 3 aromatic rings. The van der Waals surface area contributed by atoms with Crippen LogP contribution in [0.1, 0.15) is 27.8 Å². The molecule has 5 heteroatoms. The number of nitrogens with zero attached hydrogens (tertiary/aromatic N) is 4. The number of hydrogen-bond donors (Lipinski definition) is 1. The van der Waals surface area contributed by atoms with Gasteiger partial charge in [-0.25, -0.2) is 20.0 Å². The van der Waals surface area contributed by atoms with Crippen molar-refractivity contribution in [3.63, 3.8) is 0 Å². The topological polar surface area (TPSA) is 70.7 Å². The molecule has 0 saturated carbocycles. The third kappa shape index (κ3) is 4.39. The molecule has 5 nitrogen and oxygen atoms in total. The van der Waals surface area contributed by atoms with Crippen LogP contribution in [0.5, 0.6) is 5.75 Å². The fraction of sp³-hybridized carbons (Fsp3) is 0.143. The number of phenolic OH excluding ortho intramolecular Hbond substituents is 1. The maximum Gasteiger partial charge on any atom is 0.151 e. The largest absolute Gasteiger partial charge is 0.507 e. The highest BCUT2D eigenvalue weighted by Gasteiger charge is 2.06. The van der Waals surface area contributed by atoms with E-state index in [0.717, 1.165) is 16.7 Å². The minimum Gasteiger partial charge on any atom is -0.507 e. The standard InChI is InChI=1S/C21H20N4O/c1-14-4-6-19(22-10-14)24-12-17-8-16(3)9-18(21(17)26)13-25-20-7-5-15(2)11-23-20/h4-13,26H,1-3H3. The van der Waals surface area contributed by atoms with E-state index in [9.17, 15) is 5.11 Å². The first kappa shape index (κ1) is 17.5. The van der Waals surface area contributed by atoms with E-state index >= 15 is 0 Å². The minimum absolute atomic E-state index is 0.127. The zero-order valence-electron chi connectivity index (χ0n) is 15.0. The molecule has 0 atom stereocenters. The van der Waals surface area contributed by atoms with Crippen LogP contribution in [-0.4, -0.2) is 27.5 Å². The van der Waals surface area contributed by atoms with Gasteiger partial charge in [0.2, 0.25) is 0 Å². The van der Waals surface area contributed by atoms with Crippen LogP contribution < -0.4 is 0 Å². The summed E-state index contributed by atoms with van der Waals surface area (Å²) in [6.45, 7) is 5.91.